The predicted molar refractivity (Wildman–Crippen MR) is 91.9 cm³/mol. The Labute approximate surface area is 139 Å². The molecule has 1 aliphatic rings. The summed E-state index contributed by atoms with van der Waals surface area (Å²) in [6.07, 6.45) is -3.49. The SMILES string of the molecule is COc1ccc(-c2ccc3cccc4c3c2[C@@H](O)[C@@H](O)[C@@H]4O)cc1. The maximum Gasteiger partial charge on any atom is 0.118 e. The van der Waals surface area contributed by atoms with E-state index in [0.29, 0.717) is 11.1 Å². The van der Waals surface area contributed by atoms with Gasteiger partial charge in [-0.15, -0.1) is 0 Å². The first-order valence-corrected chi connectivity index (χ1v) is 7.86. The Morgan fingerprint density at radius 3 is 2.29 bits per heavy atom. The van der Waals surface area contributed by atoms with Crippen molar-refractivity contribution < 1.29 is 20.1 Å². The Morgan fingerprint density at radius 1 is 0.833 bits per heavy atom. The third-order valence-corrected chi connectivity index (χ3v) is 4.78. The van der Waals surface area contributed by atoms with Crippen LogP contribution in [-0.4, -0.2) is 28.5 Å². The minimum atomic E-state index is -1.25. The van der Waals surface area contributed by atoms with E-state index < -0.39 is 18.3 Å². The highest BCUT2D eigenvalue weighted by Gasteiger charge is 2.36. The van der Waals surface area contributed by atoms with Crippen LogP contribution in [0.1, 0.15) is 23.3 Å². The summed E-state index contributed by atoms with van der Waals surface area (Å²) in [5.41, 5.74) is 3.07. The Morgan fingerprint density at radius 2 is 1.58 bits per heavy atom. The fourth-order valence-electron chi connectivity index (χ4n) is 3.54. The monoisotopic (exact) mass is 322 g/mol. The molecule has 4 nitrogen and oxygen atoms in total. The zero-order chi connectivity index (χ0) is 16.8. The van der Waals surface area contributed by atoms with E-state index in [-0.39, 0.29) is 0 Å². The van der Waals surface area contributed by atoms with Gasteiger partial charge in [0.1, 0.15) is 24.1 Å². The van der Waals surface area contributed by atoms with Crippen LogP contribution in [0, 0.1) is 0 Å². The molecule has 3 aromatic rings. The molecule has 0 spiro atoms. The Kier molecular flexibility index (Phi) is 3.53. The maximum atomic E-state index is 10.6. The van der Waals surface area contributed by atoms with Gasteiger partial charge in [-0.2, -0.15) is 0 Å². The van der Waals surface area contributed by atoms with Crippen molar-refractivity contribution in [3.63, 3.8) is 0 Å². The number of methoxy groups -OCH3 is 1. The molecule has 3 atom stereocenters. The number of aliphatic hydroxyl groups excluding tert-OH is 3. The molecule has 0 aromatic heterocycles. The van der Waals surface area contributed by atoms with Crippen LogP contribution < -0.4 is 4.74 Å². The van der Waals surface area contributed by atoms with Crippen molar-refractivity contribution in [2.75, 3.05) is 7.11 Å². The molecular formula is C20H18O4. The molecule has 0 saturated carbocycles. The summed E-state index contributed by atoms with van der Waals surface area (Å²) in [5, 5.41) is 33.0. The lowest BCUT2D eigenvalue weighted by Gasteiger charge is -2.32. The van der Waals surface area contributed by atoms with Crippen LogP contribution >= 0.6 is 0 Å². The van der Waals surface area contributed by atoms with Crippen LogP contribution in [0.25, 0.3) is 21.9 Å². The number of rotatable bonds is 2. The molecular weight excluding hydrogens is 304 g/mol. The second-order valence-electron chi connectivity index (χ2n) is 6.08. The molecule has 3 aromatic carbocycles. The van der Waals surface area contributed by atoms with E-state index in [1.165, 1.54) is 0 Å². The van der Waals surface area contributed by atoms with Crippen LogP contribution in [0.2, 0.25) is 0 Å². The number of hydrogen-bond acceptors (Lipinski definition) is 4. The highest BCUT2D eigenvalue weighted by atomic mass is 16.5. The van der Waals surface area contributed by atoms with E-state index in [9.17, 15) is 15.3 Å². The van der Waals surface area contributed by atoms with Crippen molar-refractivity contribution in [1.29, 1.82) is 0 Å². The second-order valence-corrected chi connectivity index (χ2v) is 6.08. The van der Waals surface area contributed by atoms with Crippen molar-refractivity contribution in [2.45, 2.75) is 18.3 Å². The molecule has 1 aliphatic carbocycles. The maximum absolute atomic E-state index is 10.6. The van der Waals surface area contributed by atoms with Gasteiger partial charge in [-0.25, -0.2) is 0 Å². The van der Waals surface area contributed by atoms with Crippen molar-refractivity contribution in [3.05, 3.63) is 65.7 Å². The zero-order valence-corrected chi connectivity index (χ0v) is 13.2. The fraction of sp³-hybridized carbons (Fsp3) is 0.200. The van der Waals surface area contributed by atoms with Crippen LogP contribution in [0.15, 0.2) is 54.6 Å². The normalized spacial score (nSPS) is 22.6. The molecule has 0 aliphatic heterocycles. The smallest absolute Gasteiger partial charge is 0.118 e. The summed E-state index contributed by atoms with van der Waals surface area (Å²) < 4.78 is 5.19. The van der Waals surface area contributed by atoms with E-state index in [1.54, 1.807) is 13.2 Å². The molecule has 0 radical (unpaired) electrons. The highest BCUT2D eigenvalue weighted by Crippen LogP contribution is 2.45. The summed E-state index contributed by atoms with van der Waals surface area (Å²) in [6, 6.07) is 17.1. The number of benzene rings is 3. The van der Waals surface area contributed by atoms with E-state index in [0.717, 1.165) is 27.6 Å². The van der Waals surface area contributed by atoms with Gasteiger partial charge in [-0.1, -0.05) is 42.5 Å². The molecule has 0 amide bonds. The molecule has 4 rings (SSSR count). The summed E-state index contributed by atoms with van der Waals surface area (Å²) >= 11 is 0. The first-order valence-electron chi connectivity index (χ1n) is 7.86. The van der Waals surface area contributed by atoms with Gasteiger partial charge in [0.25, 0.3) is 0 Å². The largest absolute Gasteiger partial charge is 0.497 e. The number of aliphatic hydroxyl groups is 3. The van der Waals surface area contributed by atoms with Crippen molar-refractivity contribution in [2.24, 2.45) is 0 Å². The van der Waals surface area contributed by atoms with Gasteiger partial charge in [0.15, 0.2) is 0 Å². The summed E-state index contributed by atoms with van der Waals surface area (Å²) in [4.78, 5) is 0. The minimum absolute atomic E-state index is 0.649. The first kappa shape index (κ1) is 15.1. The molecule has 0 unspecified atom stereocenters. The summed E-state index contributed by atoms with van der Waals surface area (Å²) in [7, 11) is 1.61. The van der Waals surface area contributed by atoms with E-state index in [1.807, 2.05) is 48.5 Å². The van der Waals surface area contributed by atoms with Gasteiger partial charge in [0.2, 0.25) is 0 Å². The standard InChI is InChI=1S/C20H18O4/c1-24-13-8-5-11(6-9-13)14-10-7-12-3-2-4-15-16(12)17(14)19(22)20(23)18(15)21/h2-10,18-23H,1H3/t18-,19-,20+/m1/s1. The molecule has 24 heavy (non-hydrogen) atoms. The summed E-state index contributed by atoms with van der Waals surface area (Å²) in [5.74, 6) is 0.755. The molecule has 0 bridgehead atoms. The Bertz CT molecular complexity index is 901. The lowest BCUT2D eigenvalue weighted by atomic mass is 9.79. The van der Waals surface area contributed by atoms with E-state index >= 15 is 0 Å². The molecule has 4 heteroatoms. The number of ether oxygens (including phenoxy) is 1. The van der Waals surface area contributed by atoms with Crippen LogP contribution in [0.5, 0.6) is 5.75 Å². The van der Waals surface area contributed by atoms with Gasteiger partial charge in [-0.05, 0) is 45.2 Å². The van der Waals surface area contributed by atoms with Crippen molar-refractivity contribution >= 4 is 10.8 Å². The average molecular weight is 322 g/mol. The molecule has 0 fully saturated rings. The van der Waals surface area contributed by atoms with Crippen molar-refractivity contribution in [1.82, 2.24) is 0 Å². The second kappa shape index (κ2) is 5.60. The van der Waals surface area contributed by atoms with Crippen LogP contribution in [-0.2, 0) is 0 Å². The van der Waals surface area contributed by atoms with Crippen molar-refractivity contribution in [3.8, 4) is 16.9 Å². The molecule has 0 saturated heterocycles. The minimum Gasteiger partial charge on any atom is -0.497 e. The van der Waals surface area contributed by atoms with Gasteiger partial charge < -0.3 is 20.1 Å². The zero-order valence-electron chi connectivity index (χ0n) is 13.2. The van der Waals surface area contributed by atoms with Gasteiger partial charge >= 0.3 is 0 Å². The van der Waals surface area contributed by atoms with Crippen LogP contribution in [0.4, 0.5) is 0 Å². The third-order valence-electron chi connectivity index (χ3n) is 4.78. The molecule has 3 N–H and O–H groups in total. The van der Waals surface area contributed by atoms with Gasteiger partial charge in [0.05, 0.1) is 7.11 Å². The quantitative estimate of drug-likeness (QED) is 0.678. The topological polar surface area (TPSA) is 69.9 Å². The highest BCUT2D eigenvalue weighted by molar-refractivity contribution is 5.95. The average Bonchev–Trinajstić information content (AvgIpc) is 2.64. The van der Waals surface area contributed by atoms with Crippen LogP contribution in [0.3, 0.4) is 0 Å². The fourth-order valence-corrected chi connectivity index (χ4v) is 3.54. The Hall–Kier alpha value is -2.40. The third kappa shape index (κ3) is 2.12. The lowest BCUT2D eigenvalue weighted by molar-refractivity contribution is -0.0647. The molecule has 0 heterocycles. The predicted octanol–water partition coefficient (Wildman–Crippen LogP) is 2.96. The molecule has 122 valence electrons. The number of hydrogen-bond donors (Lipinski definition) is 3. The Balaban J connectivity index is 2.02. The van der Waals surface area contributed by atoms with Gasteiger partial charge in [-0.3, -0.25) is 0 Å². The lowest BCUT2D eigenvalue weighted by Crippen LogP contribution is -2.30. The summed E-state index contributed by atoms with van der Waals surface area (Å²) in [6.45, 7) is 0. The first-order chi connectivity index (χ1) is 11.6. The van der Waals surface area contributed by atoms with E-state index in [2.05, 4.69) is 0 Å². The van der Waals surface area contributed by atoms with E-state index in [4.69, 9.17) is 4.74 Å². The van der Waals surface area contributed by atoms with Gasteiger partial charge in [0, 0.05) is 0 Å².